The standard InChI is InChI=1S/C18H27N3OS.2ClH/c1-14-15(13-21-9-11-23-12-10-21)5-4-7-16(14)20-18(22)17-6-2-3-8-19-17;;/h4-5,7,17,19H,2-3,6,8-13H2,1H3,(H,20,22);2*1H/t17-;;/m1../s1. The maximum Gasteiger partial charge on any atom is 0.241 e. The number of carbonyl (C=O) groups is 1. The molecule has 0 radical (unpaired) electrons. The van der Waals surface area contributed by atoms with Crippen molar-refractivity contribution in [2.45, 2.75) is 38.8 Å². The fraction of sp³-hybridized carbons (Fsp3) is 0.611. The highest BCUT2D eigenvalue weighted by Crippen LogP contribution is 2.22. The lowest BCUT2D eigenvalue weighted by molar-refractivity contribution is -0.118. The number of benzene rings is 1. The Morgan fingerprint density at radius 1 is 1.28 bits per heavy atom. The molecule has 0 spiro atoms. The van der Waals surface area contributed by atoms with Crippen LogP contribution in [0.4, 0.5) is 5.69 Å². The quantitative estimate of drug-likeness (QED) is 0.804. The van der Waals surface area contributed by atoms with Crippen LogP contribution in [-0.4, -0.2) is 48.0 Å². The first-order valence-electron chi connectivity index (χ1n) is 8.67. The molecule has 1 aromatic carbocycles. The van der Waals surface area contributed by atoms with Gasteiger partial charge in [-0.05, 0) is 43.5 Å². The molecule has 2 saturated heterocycles. The molecule has 1 atom stereocenters. The molecule has 4 nitrogen and oxygen atoms in total. The van der Waals surface area contributed by atoms with Crippen LogP contribution < -0.4 is 10.6 Å². The Morgan fingerprint density at radius 2 is 2.04 bits per heavy atom. The monoisotopic (exact) mass is 405 g/mol. The number of piperidine rings is 1. The van der Waals surface area contributed by atoms with E-state index >= 15 is 0 Å². The minimum atomic E-state index is -0.0362. The molecular formula is C18H29Cl2N3OS. The summed E-state index contributed by atoms with van der Waals surface area (Å²) in [6.45, 7) is 6.37. The molecule has 0 saturated carbocycles. The van der Waals surface area contributed by atoms with Gasteiger partial charge in [-0.3, -0.25) is 9.69 Å². The number of rotatable bonds is 4. The Morgan fingerprint density at radius 3 is 2.72 bits per heavy atom. The second-order valence-electron chi connectivity index (χ2n) is 6.47. The van der Waals surface area contributed by atoms with Gasteiger partial charge in [0.05, 0.1) is 6.04 Å². The second-order valence-corrected chi connectivity index (χ2v) is 7.69. The molecule has 1 aromatic rings. The van der Waals surface area contributed by atoms with E-state index in [1.165, 1.54) is 29.1 Å². The predicted octanol–water partition coefficient (Wildman–Crippen LogP) is 3.47. The average Bonchev–Trinajstić information content (AvgIpc) is 2.60. The predicted molar refractivity (Wildman–Crippen MR) is 113 cm³/mol. The number of carbonyl (C=O) groups excluding carboxylic acids is 1. The number of hydrogen-bond donors (Lipinski definition) is 2. The maximum atomic E-state index is 12.4. The van der Waals surface area contributed by atoms with E-state index in [9.17, 15) is 4.79 Å². The van der Waals surface area contributed by atoms with Crippen molar-refractivity contribution in [1.29, 1.82) is 0 Å². The van der Waals surface area contributed by atoms with E-state index in [2.05, 4.69) is 34.6 Å². The van der Waals surface area contributed by atoms with E-state index in [0.717, 1.165) is 44.7 Å². The van der Waals surface area contributed by atoms with Gasteiger partial charge in [0.1, 0.15) is 0 Å². The molecule has 0 unspecified atom stereocenters. The van der Waals surface area contributed by atoms with Crippen LogP contribution in [-0.2, 0) is 11.3 Å². The van der Waals surface area contributed by atoms with Gasteiger partial charge < -0.3 is 10.6 Å². The van der Waals surface area contributed by atoms with Gasteiger partial charge in [-0.25, -0.2) is 0 Å². The zero-order valence-corrected chi connectivity index (χ0v) is 17.2. The van der Waals surface area contributed by atoms with E-state index in [1.54, 1.807) is 0 Å². The molecule has 142 valence electrons. The highest BCUT2D eigenvalue weighted by molar-refractivity contribution is 7.99. The molecule has 2 fully saturated rings. The Hall–Kier alpha value is -0.460. The van der Waals surface area contributed by atoms with Crippen molar-refractivity contribution in [3.63, 3.8) is 0 Å². The van der Waals surface area contributed by atoms with E-state index in [0.29, 0.717) is 0 Å². The first-order valence-corrected chi connectivity index (χ1v) is 9.82. The van der Waals surface area contributed by atoms with E-state index in [4.69, 9.17) is 0 Å². The van der Waals surface area contributed by atoms with Crippen molar-refractivity contribution in [1.82, 2.24) is 10.2 Å². The summed E-state index contributed by atoms with van der Waals surface area (Å²) in [4.78, 5) is 14.9. The number of nitrogens with one attached hydrogen (secondary N) is 2. The molecule has 7 heteroatoms. The zero-order valence-electron chi connectivity index (χ0n) is 14.8. The number of anilines is 1. The minimum Gasteiger partial charge on any atom is -0.324 e. The fourth-order valence-electron chi connectivity index (χ4n) is 3.29. The van der Waals surface area contributed by atoms with Gasteiger partial charge in [0.15, 0.2) is 0 Å². The molecule has 2 N–H and O–H groups in total. The first-order chi connectivity index (χ1) is 11.2. The smallest absolute Gasteiger partial charge is 0.241 e. The lowest BCUT2D eigenvalue weighted by Gasteiger charge is -2.27. The molecule has 25 heavy (non-hydrogen) atoms. The summed E-state index contributed by atoms with van der Waals surface area (Å²) in [7, 11) is 0. The van der Waals surface area contributed by atoms with Crippen molar-refractivity contribution in [3.8, 4) is 0 Å². The molecular weight excluding hydrogens is 377 g/mol. The molecule has 2 aliphatic rings. The van der Waals surface area contributed by atoms with Gasteiger partial charge in [0, 0.05) is 36.8 Å². The topological polar surface area (TPSA) is 44.4 Å². The summed E-state index contributed by atoms with van der Waals surface area (Å²) in [6.07, 6.45) is 3.25. The van der Waals surface area contributed by atoms with Crippen molar-refractivity contribution in [2.75, 3.05) is 36.5 Å². The largest absolute Gasteiger partial charge is 0.324 e. The number of thioether (sulfide) groups is 1. The summed E-state index contributed by atoms with van der Waals surface area (Å²) in [6, 6.07) is 6.23. The van der Waals surface area contributed by atoms with Gasteiger partial charge in [-0.2, -0.15) is 11.8 Å². The summed E-state index contributed by atoms with van der Waals surface area (Å²) in [5.41, 5.74) is 3.49. The fourth-order valence-corrected chi connectivity index (χ4v) is 4.26. The number of hydrogen-bond acceptors (Lipinski definition) is 4. The van der Waals surface area contributed by atoms with Crippen LogP contribution in [0.2, 0.25) is 0 Å². The van der Waals surface area contributed by atoms with Crippen LogP contribution in [0.15, 0.2) is 18.2 Å². The van der Waals surface area contributed by atoms with Gasteiger partial charge in [0.2, 0.25) is 5.91 Å². The average molecular weight is 406 g/mol. The van der Waals surface area contributed by atoms with Gasteiger partial charge >= 0.3 is 0 Å². The molecule has 2 aliphatic heterocycles. The number of amides is 1. The van der Waals surface area contributed by atoms with Crippen molar-refractivity contribution in [3.05, 3.63) is 29.3 Å². The van der Waals surface area contributed by atoms with Gasteiger partial charge in [-0.15, -0.1) is 24.8 Å². The number of halogens is 2. The third-order valence-corrected chi connectivity index (χ3v) is 5.77. The lowest BCUT2D eigenvalue weighted by Crippen LogP contribution is -2.43. The Kier molecular flexibility index (Phi) is 10.2. The van der Waals surface area contributed by atoms with Crippen LogP contribution in [0.1, 0.15) is 30.4 Å². The highest BCUT2D eigenvalue weighted by atomic mass is 35.5. The summed E-state index contributed by atoms with van der Waals surface area (Å²) in [5, 5.41) is 6.45. The minimum absolute atomic E-state index is 0. The summed E-state index contributed by atoms with van der Waals surface area (Å²) >= 11 is 2.04. The number of nitrogens with zero attached hydrogens (tertiary/aromatic N) is 1. The molecule has 1 amide bonds. The van der Waals surface area contributed by atoms with Crippen LogP contribution >= 0.6 is 36.6 Å². The normalized spacial score (nSPS) is 20.9. The van der Waals surface area contributed by atoms with Crippen LogP contribution in [0, 0.1) is 6.92 Å². The van der Waals surface area contributed by atoms with Gasteiger partial charge in [-0.1, -0.05) is 18.6 Å². The van der Waals surface area contributed by atoms with E-state index < -0.39 is 0 Å². The molecule has 0 bridgehead atoms. The highest BCUT2D eigenvalue weighted by Gasteiger charge is 2.21. The Balaban J connectivity index is 0.00000156. The van der Waals surface area contributed by atoms with E-state index in [-0.39, 0.29) is 36.8 Å². The van der Waals surface area contributed by atoms with E-state index in [1.807, 2.05) is 17.8 Å². The zero-order chi connectivity index (χ0) is 16.1. The summed E-state index contributed by atoms with van der Waals surface area (Å²) < 4.78 is 0. The van der Waals surface area contributed by atoms with Crippen molar-refractivity contribution in [2.24, 2.45) is 0 Å². The summed E-state index contributed by atoms with van der Waals surface area (Å²) in [5.74, 6) is 2.56. The molecule has 2 heterocycles. The van der Waals surface area contributed by atoms with Crippen molar-refractivity contribution >= 4 is 48.2 Å². The third-order valence-electron chi connectivity index (χ3n) is 4.83. The molecule has 0 aliphatic carbocycles. The third kappa shape index (κ3) is 6.33. The second kappa shape index (κ2) is 11.3. The van der Waals surface area contributed by atoms with Crippen LogP contribution in [0.3, 0.4) is 0 Å². The SMILES string of the molecule is Cc1c(CN2CCSCC2)cccc1NC(=O)[C@H]1CCCCN1.Cl.Cl. The van der Waals surface area contributed by atoms with Crippen LogP contribution in [0.25, 0.3) is 0 Å². The molecule has 3 rings (SSSR count). The Bertz CT molecular complexity index is 547. The van der Waals surface area contributed by atoms with Crippen LogP contribution in [0.5, 0.6) is 0 Å². The lowest BCUT2D eigenvalue weighted by atomic mass is 10.0. The van der Waals surface area contributed by atoms with Crippen molar-refractivity contribution < 1.29 is 4.79 Å². The van der Waals surface area contributed by atoms with Gasteiger partial charge in [0.25, 0.3) is 0 Å². The molecule has 0 aromatic heterocycles. The Labute approximate surface area is 167 Å². The maximum absolute atomic E-state index is 12.4. The first kappa shape index (κ1) is 22.6.